The summed E-state index contributed by atoms with van der Waals surface area (Å²) >= 11 is 1.87. The maximum Gasteiger partial charge on any atom is 0.185 e. The largest absolute Gasteiger partial charge is 0.370 e. The van der Waals surface area contributed by atoms with Gasteiger partial charge in [0.25, 0.3) is 0 Å². The molecule has 0 spiro atoms. The van der Waals surface area contributed by atoms with Gasteiger partial charge in [-0.25, -0.2) is 0 Å². The Bertz CT molecular complexity index is 178. The molecule has 0 fully saturated rings. The fraction of sp³-hybridized carbons (Fsp3) is 0.900. The van der Waals surface area contributed by atoms with E-state index in [1.165, 1.54) is 0 Å². The third kappa shape index (κ3) is 9.87. The van der Waals surface area contributed by atoms with E-state index in [1.807, 2.05) is 11.8 Å². The van der Waals surface area contributed by atoms with Gasteiger partial charge in [-0.3, -0.25) is 4.99 Å². The van der Waals surface area contributed by atoms with Crippen LogP contribution in [0.1, 0.15) is 26.7 Å². The van der Waals surface area contributed by atoms with Crippen LogP contribution in [-0.4, -0.2) is 36.6 Å². The van der Waals surface area contributed by atoms with Gasteiger partial charge in [0.15, 0.2) is 5.96 Å². The molecule has 0 unspecified atom stereocenters. The Morgan fingerprint density at radius 3 is 2.53 bits per heavy atom. The highest BCUT2D eigenvalue weighted by Crippen LogP contribution is 2.05. The number of aliphatic imine (C=N–C) groups is 1. The average molecular weight is 232 g/mol. The molecule has 0 amide bonds. The second-order valence-corrected chi connectivity index (χ2v) is 4.83. The second-order valence-electron chi connectivity index (χ2n) is 3.92. The van der Waals surface area contributed by atoms with E-state index in [9.17, 15) is 0 Å². The Balaban J connectivity index is 3.70. The van der Waals surface area contributed by atoms with Crippen LogP contribution in [0.2, 0.25) is 0 Å². The second kappa shape index (κ2) is 8.85. The first-order valence-electron chi connectivity index (χ1n) is 5.36. The SMILES string of the molecule is CSC[C@H](CCCN=C(N)N)NC(C)C. The molecular formula is C10H24N4S. The van der Waals surface area contributed by atoms with Crippen molar-refractivity contribution in [3.63, 3.8) is 0 Å². The van der Waals surface area contributed by atoms with Gasteiger partial charge in [0.2, 0.25) is 0 Å². The summed E-state index contributed by atoms with van der Waals surface area (Å²) in [7, 11) is 0. The molecule has 15 heavy (non-hydrogen) atoms. The third-order valence-electron chi connectivity index (χ3n) is 1.94. The number of nitrogens with two attached hydrogens (primary N) is 2. The zero-order valence-corrected chi connectivity index (χ0v) is 10.8. The third-order valence-corrected chi connectivity index (χ3v) is 2.68. The zero-order valence-electron chi connectivity index (χ0n) is 9.99. The highest BCUT2D eigenvalue weighted by molar-refractivity contribution is 7.98. The molecule has 5 heteroatoms. The van der Waals surface area contributed by atoms with Crippen molar-refractivity contribution in [3.05, 3.63) is 0 Å². The maximum absolute atomic E-state index is 5.26. The fourth-order valence-corrected chi connectivity index (χ4v) is 2.10. The molecular weight excluding hydrogens is 208 g/mol. The summed E-state index contributed by atoms with van der Waals surface area (Å²) in [5, 5.41) is 3.54. The van der Waals surface area contributed by atoms with Gasteiger partial charge in [-0.15, -0.1) is 0 Å². The highest BCUT2D eigenvalue weighted by Gasteiger charge is 2.08. The van der Waals surface area contributed by atoms with Crippen LogP contribution in [-0.2, 0) is 0 Å². The molecule has 0 aliphatic carbocycles. The number of guanidine groups is 1. The van der Waals surface area contributed by atoms with E-state index in [4.69, 9.17) is 11.5 Å². The summed E-state index contributed by atoms with van der Waals surface area (Å²) in [6.45, 7) is 5.07. The van der Waals surface area contributed by atoms with Gasteiger partial charge in [-0.1, -0.05) is 13.8 Å². The van der Waals surface area contributed by atoms with E-state index >= 15 is 0 Å². The Labute approximate surface area is 97.3 Å². The molecule has 0 saturated heterocycles. The van der Waals surface area contributed by atoms with Crippen LogP contribution in [0.4, 0.5) is 0 Å². The van der Waals surface area contributed by atoms with E-state index in [1.54, 1.807) is 0 Å². The zero-order chi connectivity index (χ0) is 11.7. The molecule has 0 aliphatic heterocycles. The van der Waals surface area contributed by atoms with Gasteiger partial charge in [0, 0.05) is 24.4 Å². The van der Waals surface area contributed by atoms with Crippen LogP contribution < -0.4 is 16.8 Å². The molecule has 90 valence electrons. The van der Waals surface area contributed by atoms with Crippen LogP contribution in [0.25, 0.3) is 0 Å². The van der Waals surface area contributed by atoms with Crippen molar-refractivity contribution in [2.24, 2.45) is 16.5 Å². The molecule has 5 N–H and O–H groups in total. The number of thioether (sulfide) groups is 1. The Hall–Kier alpha value is -0.420. The maximum atomic E-state index is 5.26. The quantitative estimate of drug-likeness (QED) is 0.328. The highest BCUT2D eigenvalue weighted by atomic mass is 32.2. The minimum Gasteiger partial charge on any atom is -0.370 e. The first-order valence-corrected chi connectivity index (χ1v) is 6.76. The molecule has 1 atom stereocenters. The summed E-state index contributed by atoms with van der Waals surface area (Å²) in [4.78, 5) is 3.97. The predicted molar refractivity (Wildman–Crippen MR) is 70.4 cm³/mol. The van der Waals surface area contributed by atoms with E-state index in [0.717, 1.165) is 25.1 Å². The lowest BCUT2D eigenvalue weighted by Crippen LogP contribution is -2.36. The lowest BCUT2D eigenvalue weighted by molar-refractivity contribution is 0.463. The molecule has 0 saturated carbocycles. The molecule has 0 radical (unpaired) electrons. The van der Waals surface area contributed by atoms with Gasteiger partial charge >= 0.3 is 0 Å². The van der Waals surface area contributed by atoms with Crippen LogP contribution in [0, 0.1) is 0 Å². The fourth-order valence-electron chi connectivity index (χ4n) is 1.43. The smallest absolute Gasteiger partial charge is 0.185 e. The molecule has 0 aromatic rings. The van der Waals surface area contributed by atoms with E-state index < -0.39 is 0 Å². The van der Waals surface area contributed by atoms with E-state index in [2.05, 4.69) is 30.4 Å². The van der Waals surface area contributed by atoms with Crippen LogP contribution in [0.5, 0.6) is 0 Å². The van der Waals surface area contributed by atoms with Gasteiger partial charge < -0.3 is 16.8 Å². The first-order chi connectivity index (χ1) is 7.06. The molecule has 0 aliphatic rings. The van der Waals surface area contributed by atoms with Crippen molar-refractivity contribution in [1.29, 1.82) is 0 Å². The predicted octanol–water partition coefficient (Wildman–Crippen LogP) is 0.770. The summed E-state index contributed by atoms with van der Waals surface area (Å²) in [6, 6.07) is 1.10. The molecule has 0 rings (SSSR count). The monoisotopic (exact) mass is 232 g/mol. The summed E-state index contributed by atoms with van der Waals surface area (Å²) in [5.74, 6) is 1.33. The first kappa shape index (κ1) is 14.6. The Morgan fingerprint density at radius 2 is 2.07 bits per heavy atom. The number of rotatable bonds is 8. The van der Waals surface area contributed by atoms with Crippen molar-refractivity contribution >= 4 is 17.7 Å². The number of nitrogens with zero attached hydrogens (tertiary/aromatic N) is 1. The number of nitrogens with one attached hydrogen (secondary N) is 1. The van der Waals surface area contributed by atoms with E-state index in [0.29, 0.717) is 12.1 Å². The van der Waals surface area contributed by atoms with Crippen LogP contribution in [0.15, 0.2) is 4.99 Å². The van der Waals surface area contributed by atoms with Crippen molar-refractivity contribution in [3.8, 4) is 0 Å². The number of hydrogen-bond donors (Lipinski definition) is 3. The topological polar surface area (TPSA) is 76.4 Å². The summed E-state index contributed by atoms with van der Waals surface area (Å²) < 4.78 is 0. The molecule has 0 bridgehead atoms. The molecule has 4 nitrogen and oxygen atoms in total. The normalized spacial score (nSPS) is 12.8. The van der Waals surface area contributed by atoms with Crippen molar-refractivity contribution in [2.45, 2.75) is 38.8 Å². The van der Waals surface area contributed by atoms with E-state index in [-0.39, 0.29) is 5.96 Å². The average Bonchev–Trinajstić information content (AvgIpc) is 2.11. The van der Waals surface area contributed by atoms with Crippen molar-refractivity contribution < 1.29 is 0 Å². The number of hydrogen-bond acceptors (Lipinski definition) is 3. The van der Waals surface area contributed by atoms with Gasteiger partial charge in [-0.2, -0.15) is 11.8 Å². The van der Waals surface area contributed by atoms with Gasteiger partial charge in [0.05, 0.1) is 0 Å². The molecule has 0 aromatic heterocycles. The standard InChI is InChI=1S/C10H24N4S/c1-8(2)14-9(7-15-3)5-4-6-13-10(11)12/h8-9,14H,4-7H2,1-3H3,(H4,11,12,13)/t9-/m0/s1. The molecule has 0 heterocycles. The summed E-state index contributed by atoms with van der Waals surface area (Å²) in [5.41, 5.74) is 10.5. The lowest BCUT2D eigenvalue weighted by Gasteiger charge is -2.20. The Kier molecular flexibility index (Phi) is 8.61. The summed E-state index contributed by atoms with van der Waals surface area (Å²) in [6.07, 6.45) is 4.28. The Morgan fingerprint density at radius 1 is 1.40 bits per heavy atom. The van der Waals surface area contributed by atoms with Gasteiger partial charge in [-0.05, 0) is 19.1 Å². The van der Waals surface area contributed by atoms with Crippen LogP contribution in [0.3, 0.4) is 0 Å². The molecule has 0 aromatic carbocycles. The lowest BCUT2D eigenvalue weighted by atomic mass is 10.1. The van der Waals surface area contributed by atoms with Gasteiger partial charge in [0.1, 0.15) is 0 Å². The van der Waals surface area contributed by atoms with Crippen molar-refractivity contribution in [2.75, 3.05) is 18.6 Å². The van der Waals surface area contributed by atoms with Crippen LogP contribution >= 0.6 is 11.8 Å². The van der Waals surface area contributed by atoms with Crippen molar-refractivity contribution in [1.82, 2.24) is 5.32 Å². The minimum atomic E-state index is 0.188. The minimum absolute atomic E-state index is 0.188.